The first-order valence-electron chi connectivity index (χ1n) is 10.8. The van der Waals surface area contributed by atoms with E-state index >= 15 is 0 Å². The summed E-state index contributed by atoms with van der Waals surface area (Å²) in [5, 5.41) is 61.1. The number of hydrogen-bond acceptors (Lipinski definition) is 10. The molecule has 2 aliphatic carbocycles. The minimum absolute atomic E-state index is 0.193. The average Bonchev–Trinajstić information content (AvgIpc) is 3.02. The van der Waals surface area contributed by atoms with Gasteiger partial charge < -0.3 is 44.8 Å². The van der Waals surface area contributed by atoms with E-state index in [0.29, 0.717) is 12.0 Å². The van der Waals surface area contributed by atoms with E-state index in [-0.39, 0.29) is 30.8 Å². The van der Waals surface area contributed by atoms with Crippen LogP contribution in [0, 0.1) is 23.2 Å². The Bertz CT molecular complexity index is 725. The molecule has 2 heterocycles. The minimum Gasteiger partial charge on any atom is -0.461 e. The first-order valence-corrected chi connectivity index (χ1v) is 10.8. The Hall–Kier alpha value is -1.11. The fourth-order valence-corrected chi connectivity index (χ4v) is 5.89. The number of esters is 1. The molecule has 0 aromatic rings. The largest absolute Gasteiger partial charge is 0.461 e. The van der Waals surface area contributed by atoms with E-state index in [0.717, 1.165) is 0 Å². The highest BCUT2D eigenvalue weighted by atomic mass is 16.7. The van der Waals surface area contributed by atoms with E-state index in [2.05, 4.69) is 0 Å². The number of carbonyl (C=O) groups is 1. The number of carbonyl (C=O) groups excluding carboxylic acids is 1. The molecule has 0 amide bonds. The Balaban J connectivity index is 1.64. The number of aliphatic hydroxyl groups is 6. The summed E-state index contributed by atoms with van der Waals surface area (Å²) in [6.45, 7) is 2.74. The van der Waals surface area contributed by atoms with E-state index in [9.17, 15) is 35.4 Å². The van der Waals surface area contributed by atoms with Crippen LogP contribution in [-0.2, 0) is 19.0 Å². The molecule has 3 fully saturated rings. The summed E-state index contributed by atoms with van der Waals surface area (Å²) in [5.74, 6) is -1.39. The molecule has 0 aromatic heterocycles. The molecule has 4 rings (SSSR count). The predicted octanol–water partition coefficient (Wildman–Crippen LogP) is -1.94. The van der Waals surface area contributed by atoms with Crippen molar-refractivity contribution in [2.75, 3.05) is 13.2 Å². The number of aliphatic hydroxyl groups excluding tert-OH is 6. The van der Waals surface area contributed by atoms with Gasteiger partial charge in [0.2, 0.25) is 0 Å². The quantitative estimate of drug-likeness (QED) is 0.212. The van der Waals surface area contributed by atoms with Gasteiger partial charge in [-0.25, -0.2) is 0 Å². The molecule has 0 spiro atoms. The molecule has 4 aliphatic rings. The average molecular weight is 444 g/mol. The summed E-state index contributed by atoms with van der Waals surface area (Å²) in [4.78, 5) is 12.3. The Kier molecular flexibility index (Phi) is 6.21. The van der Waals surface area contributed by atoms with Gasteiger partial charge in [-0.05, 0) is 18.4 Å². The Morgan fingerprint density at radius 1 is 1.16 bits per heavy atom. The summed E-state index contributed by atoms with van der Waals surface area (Å²) in [7, 11) is 0. The zero-order valence-corrected chi connectivity index (χ0v) is 17.6. The number of rotatable bonds is 4. The third-order valence-electron chi connectivity index (χ3n) is 7.92. The minimum atomic E-state index is -1.58. The van der Waals surface area contributed by atoms with Crippen LogP contribution in [0.25, 0.3) is 0 Å². The maximum absolute atomic E-state index is 12.3. The van der Waals surface area contributed by atoms with Crippen LogP contribution in [0.15, 0.2) is 11.6 Å². The van der Waals surface area contributed by atoms with Crippen LogP contribution < -0.4 is 0 Å². The van der Waals surface area contributed by atoms with Crippen molar-refractivity contribution in [1.82, 2.24) is 0 Å². The SMILES string of the molecule is CC1C(=O)OC2C1CC(O)C1(C)C(OC3OC(CO)C(O)C(O)C3O)CC=C(CO)C21. The highest BCUT2D eigenvalue weighted by Crippen LogP contribution is 2.57. The molecule has 2 saturated heterocycles. The van der Waals surface area contributed by atoms with E-state index in [1.165, 1.54) is 0 Å². The van der Waals surface area contributed by atoms with E-state index in [4.69, 9.17) is 14.2 Å². The molecule has 12 unspecified atom stereocenters. The van der Waals surface area contributed by atoms with Crippen molar-refractivity contribution in [1.29, 1.82) is 0 Å². The van der Waals surface area contributed by atoms with Gasteiger partial charge >= 0.3 is 5.97 Å². The summed E-state index contributed by atoms with van der Waals surface area (Å²) >= 11 is 0. The Labute approximate surface area is 180 Å². The van der Waals surface area contributed by atoms with E-state index in [1.54, 1.807) is 19.9 Å². The molecular formula is C21H32O10. The van der Waals surface area contributed by atoms with E-state index < -0.39 is 67.0 Å². The summed E-state index contributed by atoms with van der Waals surface area (Å²) in [5.41, 5.74) is -0.316. The van der Waals surface area contributed by atoms with Gasteiger partial charge in [0.15, 0.2) is 6.29 Å². The Morgan fingerprint density at radius 3 is 2.52 bits per heavy atom. The lowest BCUT2D eigenvalue weighted by atomic mass is 9.53. The maximum atomic E-state index is 12.3. The third-order valence-corrected chi connectivity index (χ3v) is 7.92. The molecule has 10 heteroatoms. The van der Waals surface area contributed by atoms with Crippen molar-refractivity contribution < 1.29 is 49.6 Å². The lowest BCUT2D eigenvalue weighted by Gasteiger charge is -2.56. The van der Waals surface area contributed by atoms with Gasteiger partial charge in [-0.3, -0.25) is 4.79 Å². The molecule has 6 N–H and O–H groups in total. The van der Waals surface area contributed by atoms with Gasteiger partial charge in [-0.15, -0.1) is 0 Å². The molecule has 0 radical (unpaired) electrons. The van der Waals surface area contributed by atoms with Crippen LogP contribution in [0.4, 0.5) is 0 Å². The Morgan fingerprint density at radius 2 is 1.87 bits per heavy atom. The summed E-state index contributed by atoms with van der Waals surface area (Å²) in [6.07, 6.45) is -6.84. The van der Waals surface area contributed by atoms with Gasteiger partial charge in [-0.1, -0.05) is 19.9 Å². The molecule has 10 nitrogen and oxygen atoms in total. The fourth-order valence-electron chi connectivity index (χ4n) is 5.89. The van der Waals surface area contributed by atoms with Gasteiger partial charge in [0.1, 0.15) is 30.5 Å². The first-order chi connectivity index (χ1) is 14.6. The van der Waals surface area contributed by atoms with Crippen molar-refractivity contribution in [3.8, 4) is 0 Å². The van der Waals surface area contributed by atoms with E-state index in [1.807, 2.05) is 0 Å². The number of hydrogen-bond donors (Lipinski definition) is 6. The molecular weight excluding hydrogens is 412 g/mol. The molecule has 176 valence electrons. The van der Waals surface area contributed by atoms with Crippen molar-refractivity contribution >= 4 is 5.97 Å². The van der Waals surface area contributed by atoms with Gasteiger partial charge in [-0.2, -0.15) is 0 Å². The zero-order valence-electron chi connectivity index (χ0n) is 17.6. The van der Waals surface area contributed by atoms with Gasteiger partial charge in [0.25, 0.3) is 0 Å². The monoisotopic (exact) mass is 444 g/mol. The second-order valence-electron chi connectivity index (χ2n) is 9.44. The van der Waals surface area contributed by atoms with Crippen molar-refractivity contribution in [3.05, 3.63) is 11.6 Å². The molecule has 2 aliphatic heterocycles. The number of ether oxygens (including phenoxy) is 3. The molecule has 0 bridgehead atoms. The van der Waals surface area contributed by atoms with Crippen molar-refractivity contribution in [3.63, 3.8) is 0 Å². The standard InChI is InChI=1S/C21H32O10/c1-8-10-5-12(24)21(2)13(4-3-9(6-22)14(21)18(10)31-19(8)28)30-20-17(27)16(26)15(25)11(7-23)29-20/h3,8,10-18,20,22-27H,4-7H2,1-2H3. The molecule has 31 heavy (non-hydrogen) atoms. The highest BCUT2D eigenvalue weighted by molar-refractivity contribution is 5.75. The van der Waals surface area contributed by atoms with Crippen molar-refractivity contribution in [2.24, 2.45) is 23.2 Å². The smallest absolute Gasteiger partial charge is 0.309 e. The van der Waals surface area contributed by atoms with Gasteiger partial charge in [0, 0.05) is 17.3 Å². The van der Waals surface area contributed by atoms with Crippen LogP contribution in [0.5, 0.6) is 0 Å². The lowest BCUT2D eigenvalue weighted by Crippen LogP contribution is -2.64. The molecule has 1 saturated carbocycles. The normalized spacial score (nSPS) is 52.2. The second-order valence-corrected chi connectivity index (χ2v) is 9.44. The van der Waals surface area contributed by atoms with Crippen LogP contribution in [0.2, 0.25) is 0 Å². The second kappa shape index (κ2) is 8.35. The van der Waals surface area contributed by atoms with Crippen molar-refractivity contribution in [2.45, 2.75) is 75.7 Å². The van der Waals surface area contributed by atoms with Crippen LogP contribution in [0.3, 0.4) is 0 Å². The topological polar surface area (TPSA) is 166 Å². The maximum Gasteiger partial charge on any atom is 0.309 e. The molecule has 0 aromatic carbocycles. The zero-order chi connectivity index (χ0) is 22.7. The van der Waals surface area contributed by atoms with Crippen LogP contribution >= 0.6 is 0 Å². The fraction of sp³-hybridized carbons (Fsp3) is 0.857. The predicted molar refractivity (Wildman–Crippen MR) is 103 cm³/mol. The van der Waals surface area contributed by atoms with Crippen LogP contribution in [-0.4, -0.2) is 98.8 Å². The lowest BCUT2D eigenvalue weighted by molar-refractivity contribution is -0.328. The molecule has 12 atom stereocenters. The van der Waals surface area contributed by atoms with Crippen LogP contribution in [0.1, 0.15) is 26.7 Å². The summed E-state index contributed by atoms with van der Waals surface area (Å²) < 4.78 is 17.2. The first kappa shape index (κ1) is 23.1. The van der Waals surface area contributed by atoms with Gasteiger partial charge in [0.05, 0.1) is 31.3 Å². The highest BCUT2D eigenvalue weighted by Gasteiger charge is 2.63. The summed E-state index contributed by atoms with van der Waals surface area (Å²) in [6, 6.07) is 0. The number of fused-ring (bicyclic) bond motifs is 3. The third kappa shape index (κ3) is 3.44.